The number of nitrogens with one attached hydrogen (secondary N) is 1. The van der Waals surface area contributed by atoms with Crippen LogP contribution in [0.15, 0.2) is 65.9 Å². The standard InChI is InChI=1S/C24H30N4O2/c1-2-30-21-6-4-20(5-7-21)22(23(25)29)28-17-13-24(11-3-14-27-18-24)12-8-19-9-15-26-16-10-19/h3-7,9-11,14-16,22,28H,2,8,12-13,17-18H2,1H3,(H2,25,29). The number of ether oxygens (including phenoxy) is 1. The number of carbonyl (C=O) groups is 1. The molecule has 2 heterocycles. The number of primary amides is 1. The van der Waals surface area contributed by atoms with Gasteiger partial charge in [-0.15, -0.1) is 0 Å². The summed E-state index contributed by atoms with van der Waals surface area (Å²) < 4.78 is 5.48. The highest BCUT2D eigenvalue weighted by atomic mass is 16.5. The number of pyridine rings is 1. The number of aliphatic imine (C=N–C) groups is 1. The zero-order chi connectivity index (χ0) is 21.2. The first-order chi connectivity index (χ1) is 14.6. The van der Waals surface area contributed by atoms with Gasteiger partial charge in [-0.2, -0.15) is 0 Å². The lowest BCUT2D eigenvalue weighted by atomic mass is 9.78. The van der Waals surface area contributed by atoms with E-state index in [0.717, 1.165) is 37.1 Å². The lowest BCUT2D eigenvalue weighted by Crippen LogP contribution is -2.37. The third-order valence-electron chi connectivity index (χ3n) is 5.49. The Labute approximate surface area is 178 Å². The average Bonchev–Trinajstić information content (AvgIpc) is 2.78. The molecule has 1 aliphatic heterocycles. The summed E-state index contributed by atoms with van der Waals surface area (Å²) in [5.74, 6) is 0.395. The maximum absolute atomic E-state index is 12.1. The van der Waals surface area contributed by atoms with E-state index >= 15 is 0 Å². The van der Waals surface area contributed by atoms with Gasteiger partial charge in [-0.25, -0.2) is 0 Å². The van der Waals surface area contributed by atoms with Crippen molar-refractivity contribution in [3.8, 4) is 5.75 Å². The van der Waals surface area contributed by atoms with E-state index in [2.05, 4.69) is 33.5 Å². The zero-order valence-electron chi connectivity index (χ0n) is 17.5. The molecule has 2 aromatic rings. The normalized spacial score (nSPS) is 18.8. The van der Waals surface area contributed by atoms with Gasteiger partial charge in [0.1, 0.15) is 11.8 Å². The number of amides is 1. The Morgan fingerprint density at radius 2 is 1.97 bits per heavy atom. The van der Waals surface area contributed by atoms with Crippen molar-refractivity contribution in [1.29, 1.82) is 0 Å². The molecule has 1 aliphatic rings. The zero-order valence-corrected chi connectivity index (χ0v) is 17.5. The molecule has 2 unspecified atom stereocenters. The number of nitrogens with zero attached hydrogens (tertiary/aromatic N) is 2. The fourth-order valence-corrected chi connectivity index (χ4v) is 3.76. The van der Waals surface area contributed by atoms with Crippen LogP contribution in [-0.2, 0) is 11.2 Å². The molecule has 3 N–H and O–H groups in total. The molecular weight excluding hydrogens is 376 g/mol. The van der Waals surface area contributed by atoms with Crippen LogP contribution >= 0.6 is 0 Å². The largest absolute Gasteiger partial charge is 0.494 e. The molecule has 1 aromatic heterocycles. The molecule has 0 saturated carbocycles. The van der Waals surface area contributed by atoms with Gasteiger partial charge in [0.2, 0.25) is 5.91 Å². The van der Waals surface area contributed by atoms with Crippen molar-refractivity contribution in [3.63, 3.8) is 0 Å². The quantitative estimate of drug-likeness (QED) is 0.599. The Morgan fingerprint density at radius 1 is 1.20 bits per heavy atom. The second-order valence-corrected chi connectivity index (χ2v) is 7.61. The fraction of sp³-hybridized carbons (Fsp3) is 0.375. The van der Waals surface area contributed by atoms with E-state index in [-0.39, 0.29) is 11.3 Å². The molecule has 6 nitrogen and oxygen atoms in total. The van der Waals surface area contributed by atoms with E-state index < -0.39 is 6.04 Å². The van der Waals surface area contributed by atoms with Gasteiger partial charge < -0.3 is 15.8 Å². The number of aryl methyl sites for hydroxylation is 1. The monoisotopic (exact) mass is 406 g/mol. The van der Waals surface area contributed by atoms with Gasteiger partial charge in [-0.05, 0) is 74.2 Å². The minimum absolute atomic E-state index is 0.0357. The van der Waals surface area contributed by atoms with Gasteiger partial charge in [-0.1, -0.05) is 18.2 Å². The molecule has 0 saturated heterocycles. The maximum Gasteiger partial charge on any atom is 0.239 e. The third-order valence-corrected chi connectivity index (χ3v) is 5.49. The summed E-state index contributed by atoms with van der Waals surface area (Å²) in [6.07, 6.45) is 12.6. The highest BCUT2D eigenvalue weighted by Gasteiger charge is 2.28. The molecule has 1 aromatic carbocycles. The van der Waals surface area contributed by atoms with Crippen LogP contribution in [0.2, 0.25) is 0 Å². The highest BCUT2D eigenvalue weighted by molar-refractivity contribution is 5.81. The predicted octanol–water partition coefficient (Wildman–Crippen LogP) is 3.25. The summed E-state index contributed by atoms with van der Waals surface area (Å²) in [6, 6.07) is 11.1. The summed E-state index contributed by atoms with van der Waals surface area (Å²) >= 11 is 0. The van der Waals surface area contributed by atoms with Gasteiger partial charge in [-0.3, -0.25) is 14.8 Å². The van der Waals surface area contributed by atoms with Gasteiger partial charge in [0, 0.05) is 30.6 Å². The minimum atomic E-state index is -0.533. The third kappa shape index (κ3) is 6.00. The second-order valence-electron chi connectivity index (χ2n) is 7.61. The van der Waals surface area contributed by atoms with E-state index in [0.29, 0.717) is 13.2 Å². The molecule has 0 aliphatic carbocycles. The van der Waals surface area contributed by atoms with Gasteiger partial charge >= 0.3 is 0 Å². The number of nitrogens with two attached hydrogens (primary N) is 1. The van der Waals surface area contributed by atoms with Crippen LogP contribution in [0.4, 0.5) is 0 Å². The summed E-state index contributed by atoms with van der Waals surface area (Å²) in [6.45, 7) is 3.96. The predicted molar refractivity (Wildman–Crippen MR) is 120 cm³/mol. The molecule has 0 spiro atoms. The Morgan fingerprint density at radius 3 is 2.60 bits per heavy atom. The van der Waals surface area contributed by atoms with Crippen molar-refractivity contribution in [2.75, 3.05) is 19.7 Å². The molecule has 1 amide bonds. The van der Waals surface area contributed by atoms with E-state index in [9.17, 15) is 4.79 Å². The van der Waals surface area contributed by atoms with E-state index in [1.54, 1.807) is 0 Å². The SMILES string of the molecule is CCOc1ccc(C(NCCC2(CCc3ccncc3)C=CC=NC2)C(N)=O)cc1. The average molecular weight is 407 g/mol. The second kappa shape index (κ2) is 10.7. The molecule has 3 rings (SSSR count). The number of carbonyl (C=O) groups excluding carboxylic acids is 1. The molecule has 30 heavy (non-hydrogen) atoms. The van der Waals surface area contributed by atoms with Crippen molar-refractivity contribution in [3.05, 3.63) is 72.1 Å². The fourth-order valence-electron chi connectivity index (χ4n) is 3.76. The molecule has 0 radical (unpaired) electrons. The van der Waals surface area contributed by atoms with E-state index in [1.165, 1.54) is 5.56 Å². The Kier molecular flexibility index (Phi) is 7.74. The van der Waals surface area contributed by atoms with Gasteiger partial charge in [0.05, 0.1) is 6.61 Å². The summed E-state index contributed by atoms with van der Waals surface area (Å²) in [5, 5.41) is 3.35. The number of benzene rings is 1. The number of hydrogen-bond acceptors (Lipinski definition) is 5. The van der Waals surface area contributed by atoms with Crippen molar-refractivity contribution < 1.29 is 9.53 Å². The number of aromatic nitrogens is 1. The van der Waals surface area contributed by atoms with Crippen molar-refractivity contribution in [2.45, 2.75) is 32.2 Å². The summed E-state index contributed by atoms with van der Waals surface area (Å²) in [4.78, 5) is 20.7. The smallest absolute Gasteiger partial charge is 0.239 e. The maximum atomic E-state index is 12.1. The first-order valence-electron chi connectivity index (χ1n) is 10.4. The van der Waals surface area contributed by atoms with Crippen LogP contribution in [0.5, 0.6) is 5.75 Å². The lowest BCUT2D eigenvalue weighted by molar-refractivity contribution is -0.120. The van der Waals surface area contributed by atoms with Crippen molar-refractivity contribution in [1.82, 2.24) is 10.3 Å². The van der Waals surface area contributed by atoms with Gasteiger partial charge in [0.15, 0.2) is 0 Å². The van der Waals surface area contributed by atoms with Crippen LogP contribution in [0.3, 0.4) is 0 Å². The van der Waals surface area contributed by atoms with Crippen molar-refractivity contribution in [2.24, 2.45) is 16.1 Å². The number of allylic oxidation sites excluding steroid dienone is 1. The first kappa shape index (κ1) is 21.7. The summed E-state index contributed by atoms with van der Waals surface area (Å²) in [7, 11) is 0. The number of hydrogen-bond donors (Lipinski definition) is 2. The topological polar surface area (TPSA) is 89.6 Å². The van der Waals surface area contributed by atoms with E-state index in [1.807, 2.05) is 55.9 Å². The molecular formula is C24H30N4O2. The highest BCUT2D eigenvalue weighted by Crippen LogP contribution is 2.32. The number of rotatable bonds is 11. The molecule has 0 fully saturated rings. The molecule has 6 heteroatoms. The van der Waals surface area contributed by atoms with Crippen molar-refractivity contribution >= 4 is 12.1 Å². The van der Waals surface area contributed by atoms with Crippen LogP contribution in [0.25, 0.3) is 0 Å². The first-order valence-corrected chi connectivity index (χ1v) is 10.4. The van der Waals surface area contributed by atoms with Crippen LogP contribution in [-0.4, -0.2) is 36.8 Å². The Bertz CT molecular complexity index is 865. The van der Waals surface area contributed by atoms with Crippen LogP contribution in [0, 0.1) is 5.41 Å². The summed E-state index contributed by atoms with van der Waals surface area (Å²) in [5.41, 5.74) is 7.75. The molecule has 158 valence electrons. The minimum Gasteiger partial charge on any atom is -0.494 e. The van der Waals surface area contributed by atoms with Crippen LogP contribution < -0.4 is 15.8 Å². The Balaban J connectivity index is 1.61. The molecule has 0 bridgehead atoms. The van der Waals surface area contributed by atoms with Gasteiger partial charge in [0.25, 0.3) is 0 Å². The van der Waals surface area contributed by atoms with Crippen LogP contribution in [0.1, 0.15) is 36.9 Å². The van der Waals surface area contributed by atoms with E-state index in [4.69, 9.17) is 10.5 Å². The number of dihydropyridines is 1. The Hall–Kier alpha value is -2.99. The lowest BCUT2D eigenvalue weighted by Gasteiger charge is -2.31. The molecule has 2 atom stereocenters.